The van der Waals surface area contributed by atoms with Gasteiger partial charge in [0.15, 0.2) is 0 Å². The number of benzene rings is 1. The monoisotopic (exact) mass is 380 g/mol. The summed E-state index contributed by atoms with van der Waals surface area (Å²) in [6.45, 7) is 0. The fourth-order valence-electron chi connectivity index (χ4n) is 2.85. The zero-order valence-electron chi connectivity index (χ0n) is 12.5. The Morgan fingerprint density at radius 3 is 2.88 bits per heavy atom. The Morgan fingerprint density at radius 2 is 2.04 bits per heavy atom. The highest BCUT2D eigenvalue weighted by Crippen LogP contribution is 2.30. The van der Waals surface area contributed by atoms with E-state index in [1.807, 2.05) is 36.5 Å². The maximum atomic E-state index is 12.1. The van der Waals surface area contributed by atoms with Crippen LogP contribution in [0.25, 0.3) is 33.6 Å². The number of hydrogen-bond acceptors (Lipinski definition) is 2. The molecule has 3 heterocycles. The highest BCUT2D eigenvalue weighted by atomic mass is 79.9. The number of pyridine rings is 1. The lowest BCUT2D eigenvalue weighted by molar-refractivity contribution is -0.112. The third kappa shape index (κ3) is 2.41. The van der Waals surface area contributed by atoms with Crippen LogP contribution in [-0.2, 0) is 4.79 Å². The summed E-state index contributed by atoms with van der Waals surface area (Å²) in [5.74, 6) is -0.478. The molecule has 0 spiro atoms. The Balaban J connectivity index is 1.94. The van der Waals surface area contributed by atoms with Gasteiger partial charge in [-0.25, -0.2) is 4.98 Å². The van der Waals surface area contributed by atoms with E-state index in [9.17, 15) is 4.79 Å². The number of primary amides is 1. The molecule has 3 aromatic heterocycles. The normalized spacial score (nSPS) is 12.1. The smallest absolute Gasteiger partial charge is 0.249 e. The summed E-state index contributed by atoms with van der Waals surface area (Å²) in [5.41, 5.74) is 9.47. The number of fused-ring (bicyclic) bond motifs is 2. The van der Waals surface area contributed by atoms with Crippen molar-refractivity contribution in [1.82, 2.24) is 15.0 Å². The van der Waals surface area contributed by atoms with Crippen molar-refractivity contribution in [3.05, 3.63) is 64.5 Å². The molecule has 0 saturated heterocycles. The Morgan fingerprint density at radius 1 is 1.17 bits per heavy atom. The number of hydrogen-bond donors (Lipinski definition) is 3. The van der Waals surface area contributed by atoms with Crippen molar-refractivity contribution in [3.8, 4) is 0 Å². The van der Waals surface area contributed by atoms with Gasteiger partial charge in [0, 0.05) is 56.1 Å². The Hall–Kier alpha value is -2.86. The molecule has 24 heavy (non-hydrogen) atoms. The second-order valence-corrected chi connectivity index (χ2v) is 6.37. The van der Waals surface area contributed by atoms with Crippen LogP contribution in [0.15, 0.2) is 53.4 Å². The number of aromatic amines is 2. The lowest BCUT2D eigenvalue weighted by atomic mass is 10.0. The SMILES string of the molecule is NC(=O)/C(=C\c1c[nH]c2ncccc12)c1c[nH]c2ccc(Br)cc12. The first-order valence-electron chi connectivity index (χ1n) is 7.34. The van der Waals surface area contributed by atoms with E-state index in [1.54, 1.807) is 18.5 Å². The average Bonchev–Trinajstić information content (AvgIpc) is 3.16. The topological polar surface area (TPSA) is 87.6 Å². The number of aromatic nitrogens is 3. The van der Waals surface area contributed by atoms with E-state index in [-0.39, 0.29) is 0 Å². The predicted molar refractivity (Wildman–Crippen MR) is 99.2 cm³/mol. The number of carbonyl (C=O) groups is 1. The van der Waals surface area contributed by atoms with Crippen LogP contribution in [0.5, 0.6) is 0 Å². The van der Waals surface area contributed by atoms with Crippen LogP contribution < -0.4 is 5.73 Å². The fourth-order valence-corrected chi connectivity index (χ4v) is 3.21. The molecule has 4 aromatic rings. The van der Waals surface area contributed by atoms with Gasteiger partial charge in [-0.2, -0.15) is 0 Å². The number of H-pyrrole nitrogens is 2. The number of carbonyl (C=O) groups excluding carboxylic acids is 1. The standard InChI is InChI=1S/C18H13BrN4O/c19-11-3-4-16-13(7-11)15(9-22-16)14(17(20)24)6-10-8-23-18-12(10)2-1-5-21-18/h1-9,22H,(H2,20,24)(H,21,23)/b14-6-. The molecule has 118 valence electrons. The maximum absolute atomic E-state index is 12.1. The summed E-state index contributed by atoms with van der Waals surface area (Å²) in [7, 11) is 0. The summed E-state index contributed by atoms with van der Waals surface area (Å²) >= 11 is 3.47. The Bertz CT molecular complexity index is 1110. The van der Waals surface area contributed by atoms with E-state index in [4.69, 9.17) is 5.73 Å². The van der Waals surface area contributed by atoms with Gasteiger partial charge in [0.1, 0.15) is 5.65 Å². The zero-order chi connectivity index (χ0) is 16.7. The summed E-state index contributed by atoms with van der Waals surface area (Å²) in [6, 6.07) is 9.68. The van der Waals surface area contributed by atoms with Crippen molar-refractivity contribution >= 4 is 55.4 Å². The molecule has 4 N–H and O–H groups in total. The van der Waals surface area contributed by atoms with Crippen LogP contribution in [0, 0.1) is 0 Å². The Kier molecular flexibility index (Phi) is 3.46. The van der Waals surface area contributed by atoms with Gasteiger partial charge in [-0.05, 0) is 36.4 Å². The molecule has 1 aromatic carbocycles. The third-order valence-corrected chi connectivity index (χ3v) is 4.48. The van der Waals surface area contributed by atoms with Crippen LogP contribution in [0.2, 0.25) is 0 Å². The lowest BCUT2D eigenvalue weighted by Gasteiger charge is -2.03. The number of rotatable bonds is 3. The molecule has 0 unspecified atom stereocenters. The summed E-state index contributed by atoms with van der Waals surface area (Å²) in [4.78, 5) is 22.6. The first-order chi connectivity index (χ1) is 11.6. The van der Waals surface area contributed by atoms with E-state index in [0.717, 1.165) is 37.5 Å². The molecule has 1 amide bonds. The number of nitrogens with two attached hydrogens (primary N) is 1. The van der Waals surface area contributed by atoms with Crippen LogP contribution in [0.4, 0.5) is 0 Å². The molecule has 5 nitrogen and oxygen atoms in total. The van der Waals surface area contributed by atoms with Gasteiger partial charge >= 0.3 is 0 Å². The van der Waals surface area contributed by atoms with E-state index in [0.29, 0.717) is 5.57 Å². The second kappa shape index (κ2) is 5.65. The molecule has 0 saturated carbocycles. The average molecular weight is 381 g/mol. The van der Waals surface area contributed by atoms with Crippen molar-refractivity contribution < 1.29 is 4.79 Å². The molecule has 0 bridgehead atoms. The first-order valence-corrected chi connectivity index (χ1v) is 8.13. The molecule has 4 rings (SSSR count). The largest absolute Gasteiger partial charge is 0.366 e. The van der Waals surface area contributed by atoms with Gasteiger partial charge in [0.05, 0.1) is 0 Å². The molecule has 0 aliphatic carbocycles. The van der Waals surface area contributed by atoms with E-state index >= 15 is 0 Å². The van der Waals surface area contributed by atoms with Gasteiger partial charge in [0.25, 0.3) is 0 Å². The Labute approximate surface area is 145 Å². The minimum atomic E-state index is -0.478. The molecule has 0 fully saturated rings. The fraction of sp³-hybridized carbons (Fsp3) is 0. The molecular weight excluding hydrogens is 368 g/mol. The highest BCUT2D eigenvalue weighted by Gasteiger charge is 2.15. The van der Waals surface area contributed by atoms with Crippen molar-refractivity contribution in [3.63, 3.8) is 0 Å². The number of nitrogens with zero attached hydrogens (tertiary/aromatic N) is 1. The second-order valence-electron chi connectivity index (χ2n) is 5.46. The van der Waals surface area contributed by atoms with Gasteiger partial charge in [-0.15, -0.1) is 0 Å². The van der Waals surface area contributed by atoms with E-state index in [1.165, 1.54) is 0 Å². The van der Waals surface area contributed by atoms with Gasteiger partial charge in [-0.3, -0.25) is 4.79 Å². The van der Waals surface area contributed by atoms with Gasteiger partial charge in [-0.1, -0.05) is 15.9 Å². The quantitative estimate of drug-likeness (QED) is 0.471. The first kappa shape index (κ1) is 14.7. The summed E-state index contributed by atoms with van der Waals surface area (Å²) < 4.78 is 0.941. The highest BCUT2D eigenvalue weighted by molar-refractivity contribution is 9.10. The maximum Gasteiger partial charge on any atom is 0.249 e. The summed E-state index contributed by atoms with van der Waals surface area (Å²) in [6.07, 6.45) is 7.15. The van der Waals surface area contributed by atoms with Crippen molar-refractivity contribution in [1.29, 1.82) is 0 Å². The van der Waals surface area contributed by atoms with Gasteiger partial charge < -0.3 is 15.7 Å². The molecule has 0 aliphatic heterocycles. The molecular formula is C18H13BrN4O. The molecule has 6 heteroatoms. The van der Waals surface area contributed by atoms with E-state index in [2.05, 4.69) is 30.9 Å². The van der Waals surface area contributed by atoms with Crippen LogP contribution in [0.3, 0.4) is 0 Å². The van der Waals surface area contributed by atoms with Crippen LogP contribution in [0.1, 0.15) is 11.1 Å². The van der Waals surface area contributed by atoms with Crippen molar-refractivity contribution in [2.24, 2.45) is 5.73 Å². The van der Waals surface area contributed by atoms with E-state index < -0.39 is 5.91 Å². The number of nitrogens with one attached hydrogen (secondary N) is 2. The number of halogens is 1. The van der Waals surface area contributed by atoms with Gasteiger partial charge in [0.2, 0.25) is 5.91 Å². The molecule has 0 aliphatic rings. The minimum Gasteiger partial charge on any atom is -0.366 e. The number of amides is 1. The van der Waals surface area contributed by atoms with Crippen LogP contribution in [-0.4, -0.2) is 20.9 Å². The van der Waals surface area contributed by atoms with Crippen molar-refractivity contribution in [2.45, 2.75) is 0 Å². The molecule has 0 radical (unpaired) electrons. The lowest BCUT2D eigenvalue weighted by Crippen LogP contribution is -2.12. The van der Waals surface area contributed by atoms with Crippen LogP contribution >= 0.6 is 15.9 Å². The molecule has 0 atom stereocenters. The van der Waals surface area contributed by atoms with Crippen molar-refractivity contribution in [2.75, 3.05) is 0 Å². The minimum absolute atomic E-state index is 0.448. The zero-order valence-corrected chi connectivity index (χ0v) is 14.1. The summed E-state index contributed by atoms with van der Waals surface area (Å²) in [5, 5.41) is 1.88. The predicted octanol–water partition coefficient (Wildman–Crippen LogP) is 3.83. The third-order valence-electron chi connectivity index (χ3n) is 3.98.